The molecule has 15 heavy (non-hydrogen) atoms. The zero-order valence-electron chi connectivity index (χ0n) is 9.51. The van der Waals surface area contributed by atoms with Crippen LogP contribution in [0.15, 0.2) is 47.2 Å². The molecule has 82 valence electrons. The van der Waals surface area contributed by atoms with E-state index in [1.807, 2.05) is 6.92 Å². The quantitative estimate of drug-likeness (QED) is 0.543. The van der Waals surface area contributed by atoms with Crippen molar-refractivity contribution < 1.29 is 0 Å². The molecule has 0 saturated carbocycles. The lowest BCUT2D eigenvalue weighted by atomic mass is 10.0. The summed E-state index contributed by atoms with van der Waals surface area (Å²) in [6.07, 6.45) is 6.32. The molecule has 1 rings (SSSR count). The summed E-state index contributed by atoms with van der Waals surface area (Å²) < 4.78 is 0. The maximum absolute atomic E-state index is 4.37. The van der Waals surface area contributed by atoms with Crippen LogP contribution < -0.4 is 5.32 Å². The van der Waals surface area contributed by atoms with Gasteiger partial charge >= 0.3 is 0 Å². The molecule has 1 aliphatic rings. The third kappa shape index (κ3) is 3.63. The van der Waals surface area contributed by atoms with E-state index in [0.717, 1.165) is 34.7 Å². The Morgan fingerprint density at radius 1 is 1.53 bits per heavy atom. The minimum atomic E-state index is 0.296. The first-order valence-corrected chi connectivity index (χ1v) is 5.66. The third-order valence-electron chi connectivity index (χ3n) is 2.65. The molecule has 1 atom stereocenters. The van der Waals surface area contributed by atoms with Gasteiger partial charge in [0.1, 0.15) is 0 Å². The molecule has 0 aliphatic heterocycles. The highest BCUT2D eigenvalue weighted by atomic mass is 32.1. The van der Waals surface area contributed by atoms with Crippen molar-refractivity contribution in [2.45, 2.75) is 26.7 Å². The van der Waals surface area contributed by atoms with Gasteiger partial charge in [-0.15, -0.1) is 12.6 Å². The standard InChI is InChI=1S/C13H19NS/c1-9(2)10(3)11(4)14-12-6-5-7-13(15)8-12/h6,8,10,14-15H,1,4-5,7H2,2-3H3. The summed E-state index contributed by atoms with van der Waals surface area (Å²) >= 11 is 4.37. The van der Waals surface area contributed by atoms with Crippen LogP contribution in [0.3, 0.4) is 0 Å². The molecular formula is C13H19NS. The van der Waals surface area contributed by atoms with E-state index in [9.17, 15) is 0 Å². The summed E-state index contributed by atoms with van der Waals surface area (Å²) in [5.41, 5.74) is 3.22. The average molecular weight is 221 g/mol. The number of hydrogen-bond donors (Lipinski definition) is 2. The van der Waals surface area contributed by atoms with Gasteiger partial charge in [0.05, 0.1) is 0 Å². The first-order chi connectivity index (χ1) is 7.00. The first-order valence-electron chi connectivity index (χ1n) is 5.21. The molecular weight excluding hydrogens is 202 g/mol. The number of allylic oxidation sites excluding steroid dienone is 4. The Bertz CT molecular complexity index is 336. The predicted octanol–water partition coefficient (Wildman–Crippen LogP) is 3.79. The van der Waals surface area contributed by atoms with E-state index < -0.39 is 0 Å². The summed E-state index contributed by atoms with van der Waals surface area (Å²) in [7, 11) is 0. The summed E-state index contributed by atoms with van der Waals surface area (Å²) in [6, 6.07) is 0. The molecule has 0 heterocycles. The summed E-state index contributed by atoms with van der Waals surface area (Å²) in [5.74, 6) is 0.296. The van der Waals surface area contributed by atoms with Gasteiger partial charge in [-0.2, -0.15) is 0 Å². The van der Waals surface area contributed by atoms with Gasteiger partial charge in [0.15, 0.2) is 0 Å². The maximum Gasteiger partial charge on any atom is 0.0349 e. The molecule has 1 unspecified atom stereocenters. The summed E-state index contributed by atoms with van der Waals surface area (Å²) in [6.45, 7) is 12.1. The first kappa shape index (κ1) is 12.2. The topological polar surface area (TPSA) is 12.0 Å². The molecule has 1 nitrogen and oxygen atoms in total. The van der Waals surface area contributed by atoms with Gasteiger partial charge in [0.2, 0.25) is 0 Å². The Morgan fingerprint density at radius 3 is 2.73 bits per heavy atom. The van der Waals surface area contributed by atoms with Crippen molar-refractivity contribution in [1.82, 2.24) is 5.32 Å². The fraction of sp³-hybridized carbons (Fsp3) is 0.385. The van der Waals surface area contributed by atoms with Crippen molar-refractivity contribution in [3.63, 3.8) is 0 Å². The highest BCUT2D eigenvalue weighted by Crippen LogP contribution is 2.21. The van der Waals surface area contributed by atoms with Crippen molar-refractivity contribution in [2.24, 2.45) is 5.92 Å². The SMILES string of the molecule is C=C(C)C(C)C(=C)NC1=CCCC(S)=C1. The van der Waals surface area contributed by atoms with Gasteiger partial charge in [-0.05, 0) is 30.7 Å². The van der Waals surface area contributed by atoms with E-state index in [0.29, 0.717) is 5.92 Å². The van der Waals surface area contributed by atoms with Crippen LogP contribution in [0.25, 0.3) is 0 Å². The second kappa shape index (κ2) is 5.26. The lowest BCUT2D eigenvalue weighted by Gasteiger charge is -2.19. The highest BCUT2D eigenvalue weighted by Gasteiger charge is 2.09. The lowest BCUT2D eigenvalue weighted by Crippen LogP contribution is -2.18. The molecule has 0 aromatic rings. The zero-order valence-corrected chi connectivity index (χ0v) is 10.4. The van der Waals surface area contributed by atoms with E-state index >= 15 is 0 Å². The molecule has 0 radical (unpaired) electrons. The largest absolute Gasteiger partial charge is 0.359 e. The molecule has 0 spiro atoms. The molecule has 0 aromatic carbocycles. The van der Waals surface area contributed by atoms with Gasteiger partial charge in [0.25, 0.3) is 0 Å². The Balaban J connectivity index is 2.59. The second-order valence-electron chi connectivity index (χ2n) is 4.05. The fourth-order valence-electron chi connectivity index (χ4n) is 1.36. The van der Waals surface area contributed by atoms with Crippen molar-refractivity contribution in [3.8, 4) is 0 Å². The maximum atomic E-state index is 4.37. The predicted molar refractivity (Wildman–Crippen MR) is 70.6 cm³/mol. The molecule has 0 amide bonds. The summed E-state index contributed by atoms with van der Waals surface area (Å²) in [4.78, 5) is 1.12. The Hall–Kier alpha value is -0.890. The van der Waals surface area contributed by atoms with Crippen LogP contribution in [0.4, 0.5) is 0 Å². The van der Waals surface area contributed by atoms with Crippen LogP contribution in [-0.4, -0.2) is 0 Å². The van der Waals surface area contributed by atoms with Crippen LogP contribution in [0.1, 0.15) is 26.7 Å². The van der Waals surface area contributed by atoms with E-state index in [1.54, 1.807) is 0 Å². The van der Waals surface area contributed by atoms with Crippen LogP contribution in [0.5, 0.6) is 0 Å². The fourth-order valence-corrected chi connectivity index (χ4v) is 1.63. The molecule has 1 N–H and O–H groups in total. The van der Waals surface area contributed by atoms with Gasteiger partial charge < -0.3 is 5.32 Å². The minimum Gasteiger partial charge on any atom is -0.359 e. The van der Waals surface area contributed by atoms with Crippen LogP contribution in [0.2, 0.25) is 0 Å². The Labute approximate surface area is 98.1 Å². The van der Waals surface area contributed by atoms with Crippen molar-refractivity contribution in [1.29, 1.82) is 0 Å². The van der Waals surface area contributed by atoms with Crippen molar-refractivity contribution in [2.75, 3.05) is 0 Å². The van der Waals surface area contributed by atoms with Crippen LogP contribution >= 0.6 is 12.6 Å². The van der Waals surface area contributed by atoms with Gasteiger partial charge in [0, 0.05) is 17.3 Å². The van der Waals surface area contributed by atoms with Crippen LogP contribution in [0, 0.1) is 5.92 Å². The number of rotatable bonds is 4. The van der Waals surface area contributed by atoms with E-state index in [-0.39, 0.29) is 0 Å². The zero-order chi connectivity index (χ0) is 11.4. The van der Waals surface area contributed by atoms with Gasteiger partial charge in [-0.3, -0.25) is 0 Å². The van der Waals surface area contributed by atoms with Crippen LogP contribution in [-0.2, 0) is 0 Å². The monoisotopic (exact) mass is 221 g/mol. The molecule has 2 heteroatoms. The highest BCUT2D eigenvalue weighted by molar-refractivity contribution is 7.84. The molecule has 0 fully saturated rings. The van der Waals surface area contributed by atoms with E-state index in [4.69, 9.17) is 0 Å². The van der Waals surface area contributed by atoms with Crippen molar-refractivity contribution >= 4 is 12.6 Å². The number of thiol groups is 1. The third-order valence-corrected chi connectivity index (χ3v) is 3.01. The summed E-state index contributed by atoms with van der Waals surface area (Å²) in [5, 5.41) is 3.31. The molecule has 0 aromatic heterocycles. The molecule has 0 bridgehead atoms. The van der Waals surface area contributed by atoms with E-state index in [2.05, 4.69) is 50.2 Å². The average Bonchev–Trinajstić information content (AvgIpc) is 2.16. The molecule has 0 saturated heterocycles. The second-order valence-corrected chi connectivity index (χ2v) is 4.63. The van der Waals surface area contributed by atoms with E-state index in [1.165, 1.54) is 0 Å². The Kier molecular flexibility index (Phi) is 4.28. The number of nitrogens with one attached hydrogen (secondary N) is 1. The lowest BCUT2D eigenvalue weighted by molar-refractivity contribution is 0.733. The minimum absolute atomic E-state index is 0.296. The smallest absolute Gasteiger partial charge is 0.0349 e. The Morgan fingerprint density at radius 2 is 2.20 bits per heavy atom. The normalized spacial score (nSPS) is 17.5. The van der Waals surface area contributed by atoms with Crippen molar-refractivity contribution in [3.05, 3.63) is 47.2 Å². The molecule has 1 aliphatic carbocycles. The number of hydrogen-bond acceptors (Lipinski definition) is 2. The van der Waals surface area contributed by atoms with Gasteiger partial charge in [-0.1, -0.05) is 31.7 Å². The van der Waals surface area contributed by atoms with Gasteiger partial charge in [-0.25, -0.2) is 0 Å².